The van der Waals surface area contributed by atoms with Crippen LogP contribution in [0.25, 0.3) is 11.6 Å². The van der Waals surface area contributed by atoms with Crippen molar-refractivity contribution in [2.75, 3.05) is 6.61 Å². The summed E-state index contributed by atoms with van der Waals surface area (Å²) in [6, 6.07) is 23.6. The van der Waals surface area contributed by atoms with Crippen molar-refractivity contribution in [3.8, 4) is 0 Å². The predicted octanol–water partition coefficient (Wildman–Crippen LogP) is 3.61. The molecule has 6 heteroatoms. The van der Waals surface area contributed by atoms with Gasteiger partial charge in [-0.15, -0.1) is 0 Å². The minimum absolute atomic E-state index is 0.0952. The first-order valence-electron chi connectivity index (χ1n) is 11.2. The summed E-state index contributed by atoms with van der Waals surface area (Å²) in [7, 11) is 0. The molecule has 0 aliphatic heterocycles. The molecule has 0 saturated heterocycles. The zero-order valence-corrected chi connectivity index (χ0v) is 18.7. The van der Waals surface area contributed by atoms with E-state index < -0.39 is 6.61 Å². The van der Waals surface area contributed by atoms with Gasteiger partial charge in [-0.3, -0.25) is 14.4 Å². The van der Waals surface area contributed by atoms with E-state index >= 15 is 0 Å². The molecule has 1 aliphatic rings. The Bertz CT molecular complexity index is 1200. The number of carbonyl (C=O) groups excluding carboxylic acids is 3. The lowest BCUT2D eigenvalue weighted by Gasteiger charge is -2.10. The number of hydrogen-bond acceptors (Lipinski definition) is 4. The maximum absolute atomic E-state index is 12.8. The SMILES string of the molecule is O=C(NC1CC1)/C(=C/c1ccc(C(=O)NCc2ccc(C(=O)CO)cc2)cc1)c1ccccc1. The quantitative estimate of drug-likeness (QED) is 0.262. The lowest BCUT2D eigenvalue weighted by atomic mass is 10.0. The van der Waals surface area contributed by atoms with Gasteiger partial charge in [0.1, 0.15) is 6.61 Å². The number of Topliss-reactive ketones (excluding diaryl/α,β-unsaturated/α-hetero) is 1. The van der Waals surface area contributed by atoms with Gasteiger partial charge >= 0.3 is 0 Å². The number of ketones is 1. The second kappa shape index (κ2) is 10.7. The Balaban J connectivity index is 1.42. The van der Waals surface area contributed by atoms with Crippen LogP contribution < -0.4 is 10.6 Å². The Morgan fingerprint density at radius 1 is 0.824 bits per heavy atom. The highest BCUT2D eigenvalue weighted by Crippen LogP contribution is 2.23. The third-order valence-corrected chi connectivity index (χ3v) is 5.60. The maximum atomic E-state index is 12.8. The van der Waals surface area contributed by atoms with Gasteiger partial charge < -0.3 is 15.7 Å². The second-order valence-electron chi connectivity index (χ2n) is 8.25. The standard InChI is InChI=1S/C28H26N2O4/c31-18-26(32)22-10-8-20(9-11-22)17-29-27(33)23-12-6-19(7-13-23)16-25(21-4-2-1-3-5-21)28(34)30-24-14-15-24/h1-13,16,24,31H,14-15,17-18H2,(H,29,33)(H,30,34)/b25-16+. The zero-order valence-electron chi connectivity index (χ0n) is 18.7. The van der Waals surface area contributed by atoms with Gasteiger partial charge in [0, 0.05) is 29.3 Å². The van der Waals surface area contributed by atoms with Crippen LogP contribution in [0.3, 0.4) is 0 Å². The van der Waals surface area contributed by atoms with E-state index in [2.05, 4.69) is 10.6 Å². The topological polar surface area (TPSA) is 95.5 Å². The van der Waals surface area contributed by atoms with E-state index in [1.165, 1.54) is 0 Å². The number of aliphatic hydroxyl groups is 1. The van der Waals surface area contributed by atoms with E-state index in [9.17, 15) is 14.4 Å². The summed E-state index contributed by atoms with van der Waals surface area (Å²) in [6.45, 7) is -0.215. The molecule has 1 aliphatic carbocycles. The smallest absolute Gasteiger partial charge is 0.252 e. The summed E-state index contributed by atoms with van der Waals surface area (Å²) in [6.07, 6.45) is 3.87. The van der Waals surface area contributed by atoms with Crippen molar-refractivity contribution in [1.29, 1.82) is 0 Å². The van der Waals surface area contributed by atoms with Crippen LogP contribution in [0.15, 0.2) is 78.9 Å². The summed E-state index contributed by atoms with van der Waals surface area (Å²) in [5.74, 6) is -0.659. The third-order valence-electron chi connectivity index (χ3n) is 5.60. The highest BCUT2D eigenvalue weighted by molar-refractivity contribution is 6.24. The van der Waals surface area contributed by atoms with E-state index in [0.717, 1.165) is 29.5 Å². The maximum Gasteiger partial charge on any atom is 0.252 e. The molecule has 0 heterocycles. The van der Waals surface area contributed by atoms with Crippen LogP contribution in [0, 0.1) is 0 Å². The van der Waals surface area contributed by atoms with Crippen LogP contribution in [-0.2, 0) is 11.3 Å². The van der Waals surface area contributed by atoms with E-state index in [1.54, 1.807) is 36.4 Å². The van der Waals surface area contributed by atoms with Crippen LogP contribution in [0.2, 0.25) is 0 Å². The second-order valence-corrected chi connectivity index (χ2v) is 8.25. The molecule has 3 N–H and O–H groups in total. The molecule has 6 nitrogen and oxygen atoms in total. The van der Waals surface area contributed by atoms with E-state index in [0.29, 0.717) is 23.2 Å². The molecular weight excluding hydrogens is 428 g/mol. The van der Waals surface area contributed by atoms with Crippen LogP contribution in [-0.4, -0.2) is 35.4 Å². The Morgan fingerprint density at radius 3 is 2.09 bits per heavy atom. The molecule has 172 valence electrons. The average Bonchev–Trinajstić information content (AvgIpc) is 3.70. The first-order valence-corrected chi connectivity index (χ1v) is 11.2. The summed E-state index contributed by atoms with van der Waals surface area (Å²) < 4.78 is 0. The molecule has 34 heavy (non-hydrogen) atoms. The monoisotopic (exact) mass is 454 g/mol. The van der Waals surface area contributed by atoms with Gasteiger partial charge in [-0.05, 0) is 47.7 Å². The normalized spacial score (nSPS) is 13.3. The highest BCUT2D eigenvalue weighted by atomic mass is 16.3. The molecule has 1 fully saturated rings. The van der Waals surface area contributed by atoms with Crippen LogP contribution in [0.4, 0.5) is 0 Å². The van der Waals surface area contributed by atoms with E-state index in [1.807, 2.05) is 48.5 Å². The van der Waals surface area contributed by atoms with Crippen molar-refractivity contribution < 1.29 is 19.5 Å². The lowest BCUT2D eigenvalue weighted by Crippen LogP contribution is -2.26. The Labute approximate surface area is 198 Å². The van der Waals surface area contributed by atoms with Crippen LogP contribution in [0.1, 0.15) is 50.2 Å². The van der Waals surface area contributed by atoms with Crippen LogP contribution in [0.5, 0.6) is 0 Å². The number of carbonyl (C=O) groups is 3. The Morgan fingerprint density at radius 2 is 1.47 bits per heavy atom. The molecule has 0 spiro atoms. The van der Waals surface area contributed by atoms with Gasteiger partial charge in [0.2, 0.25) is 0 Å². The van der Waals surface area contributed by atoms with Gasteiger partial charge in [0.15, 0.2) is 5.78 Å². The van der Waals surface area contributed by atoms with Crippen molar-refractivity contribution >= 4 is 29.2 Å². The third kappa shape index (κ3) is 6.05. The number of hydrogen-bond donors (Lipinski definition) is 3. The van der Waals surface area contributed by atoms with Gasteiger partial charge in [0.05, 0.1) is 0 Å². The van der Waals surface area contributed by atoms with Gasteiger partial charge in [-0.25, -0.2) is 0 Å². The van der Waals surface area contributed by atoms with Gasteiger partial charge in [-0.1, -0.05) is 66.7 Å². The molecule has 3 aromatic carbocycles. The van der Waals surface area contributed by atoms with Crippen molar-refractivity contribution in [3.63, 3.8) is 0 Å². The molecule has 4 rings (SSSR count). The first kappa shape index (κ1) is 23.1. The highest BCUT2D eigenvalue weighted by Gasteiger charge is 2.25. The summed E-state index contributed by atoms with van der Waals surface area (Å²) in [5, 5.41) is 14.8. The summed E-state index contributed by atoms with van der Waals surface area (Å²) >= 11 is 0. The lowest BCUT2D eigenvalue weighted by molar-refractivity contribution is -0.115. The largest absolute Gasteiger partial charge is 0.388 e. The average molecular weight is 455 g/mol. The van der Waals surface area contributed by atoms with Gasteiger partial charge in [-0.2, -0.15) is 0 Å². The number of nitrogens with one attached hydrogen (secondary N) is 2. The Hall–Kier alpha value is -4.03. The summed E-state index contributed by atoms with van der Waals surface area (Å²) in [4.78, 5) is 36.8. The molecule has 1 saturated carbocycles. The van der Waals surface area contributed by atoms with Crippen molar-refractivity contribution in [2.24, 2.45) is 0 Å². The molecule has 3 aromatic rings. The fourth-order valence-electron chi connectivity index (χ4n) is 3.47. The van der Waals surface area contributed by atoms with Crippen molar-refractivity contribution in [2.45, 2.75) is 25.4 Å². The first-order chi connectivity index (χ1) is 16.5. The minimum Gasteiger partial charge on any atom is -0.388 e. The van der Waals surface area contributed by atoms with Crippen LogP contribution >= 0.6 is 0 Å². The fraction of sp³-hybridized carbons (Fsp3) is 0.179. The number of amides is 2. The molecule has 0 atom stereocenters. The van der Waals surface area contributed by atoms with Crippen molar-refractivity contribution in [3.05, 3.63) is 107 Å². The minimum atomic E-state index is -0.528. The Kier molecular flexibility index (Phi) is 7.30. The van der Waals surface area contributed by atoms with Crippen molar-refractivity contribution in [1.82, 2.24) is 10.6 Å². The predicted molar refractivity (Wildman–Crippen MR) is 131 cm³/mol. The van der Waals surface area contributed by atoms with E-state index in [-0.39, 0.29) is 23.6 Å². The molecule has 0 unspecified atom stereocenters. The number of aliphatic hydroxyl groups excluding tert-OH is 1. The fourth-order valence-corrected chi connectivity index (χ4v) is 3.47. The molecule has 0 bridgehead atoms. The van der Waals surface area contributed by atoms with Gasteiger partial charge in [0.25, 0.3) is 11.8 Å². The molecular formula is C28H26N2O4. The number of rotatable bonds is 9. The van der Waals surface area contributed by atoms with E-state index in [4.69, 9.17) is 5.11 Å². The zero-order chi connectivity index (χ0) is 23.9. The molecule has 2 amide bonds. The summed E-state index contributed by atoms with van der Waals surface area (Å²) in [5.41, 5.74) is 4.04. The molecule has 0 aromatic heterocycles. The molecule has 0 radical (unpaired) electrons. The number of benzene rings is 3.